The zero-order valence-electron chi connectivity index (χ0n) is 18.5. The van der Waals surface area contributed by atoms with Crippen LogP contribution in [0.4, 0.5) is 10.2 Å². The van der Waals surface area contributed by atoms with Crippen molar-refractivity contribution in [1.82, 2.24) is 25.1 Å². The van der Waals surface area contributed by atoms with Crippen LogP contribution in [-0.4, -0.2) is 37.4 Å². The van der Waals surface area contributed by atoms with E-state index in [4.69, 9.17) is 17.3 Å². The Kier molecular flexibility index (Phi) is 6.58. The molecule has 2 aromatic carbocycles. The molecule has 0 saturated heterocycles. The summed E-state index contributed by atoms with van der Waals surface area (Å²) in [6.45, 7) is 1.47. The van der Waals surface area contributed by atoms with Gasteiger partial charge >= 0.3 is 0 Å². The van der Waals surface area contributed by atoms with Gasteiger partial charge in [-0.15, -0.1) is 0 Å². The molecule has 0 saturated carbocycles. The number of carbonyl (C=O) groups is 1. The van der Waals surface area contributed by atoms with Crippen molar-refractivity contribution >= 4 is 23.3 Å². The number of carbonyl (C=O) groups excluding carboxylic acids is 1. The van der Waals surface area contributed by atoms with Gasteiger partial charge in [0.1, 0.15) is 17.3 Å². The molecule has 4 rings (SSSR count). The molecule has 0 spiro atoms. The van der Waals surface area contributed by atoms with Gasteiger partial charge in [-0.05, 0) is 36.8 Å². The molecule has 174 valence electrons. The van der Waals surface area contributed by atoms with Gasteiger partial charge in [0.15, 0.2) is 0 Å². The quantitative estimate of drug-likeness (QED) is 0.387. The summed E-state index contributed by atoms with van der Waals surface area (Å²) in [4.78, 5) is 21.5. The predicted octanol–water partition coefficient (Wildman–Crippen LogP) is 3.69. The molecule has 1 atom stereocenters. The molecule has 4 aromatic rings. The van der Waals surface area contributed by atoms with Gasteiger partial charge in [-0.3, -0.25) is 9.48 Å². The van der Waals surface area contributed by atoms with Crippen LogP contribution in [0, 0.1) is 12.7 Å². The number of hydrogen-bond acceptors (Lipinski definition) is 6. The zero-order chi connectivity index (χ0) is 24.4. The van der Waals surface area contributed by atoms with Crippen LogP contribution in [0.25, 0.3) is 22.5 Å². The second-order valence-corrected chi connectivity index (χ2v) is 8.19. The van der Waals surface area contributed by atoms with Gasteiger partial charge in [-0.2, -0.15) is 5.10 Å². The number of aromatic nitrogens is 4. The normalized spacial score (nSPS) is 11.9. The minimum Gasteiger partial charge on any atom is -0.394 e. The maximum absolute atomic E-state index is 15.0. The third kappa shape index (κ3) is 4.75. The molecule has 1 amide bonds. The maximum Gasteiger partial charge on any atom is 0.254 e. The van der Waals surface area contributed by atoms with Crippen molar-refractivity contribution in [3.05, 3.63) is 82.5 Å². The minimum atomic E-state index is -0.762. The molecule has 8 nitrogen and oxygen atoms in total. The van der Waals surface area contributed by atoms with Crippen molar-refractivity contribution in [2.75, 3.05) is 12.3 Å². The number of hydrogen-bond donors (Lipinski definition) is 3. The van der Waals surface area contributed by atoms with Crippen molar-refractivity contribution in [2.45, 2.75) is 13.0 Å². The number of nitrogens with zero attached hydrogens (tertiary/aromatic N) is 4. The van der Waals surface area contributed by atoms with Crippen LogP contribution in [0.1, 0.15) is 27.7 Å². The number of nitrogens with two attached hydrogens (primary N) is 1. The fourth-order valence-electron chi connectivity index (χ4n) is 3.63. The van der Waals surface area contributed by atoms with Gasteiger partial charge in [0.05, 0.1) is 35.8 Å². The molecule has 2 heterocycles. The summed E-state index contributed by atoms with van der Waals surface area (Å²) in [6, 6.07) is 10.0. The first kappa shape index (κ1) is 23.3. The molecular weight excluding hydrogens is 459 g/mol. The third-order valence-electron chi connectivity index (χ3n) is 5.32. The van der Waals surface area contributed by atoms with E-state index < -0.39 is 17.8 Å². The summed E-state index contributed by atoms with van der Waals surface area (Å²) < 4.78 is 16.6. The first-order chi connectivity index (χ1) is 16.3. The van der Waals surface area contributed by atoms with Gasteiger partial charge in [0.25, 0.3) is 5.91 Å². The molecule has 0 fully saturated rings. The van der Waals surface area contributed by atoms with Crippen molar-refractivity contribution in [3.63, 3.8) is 0 Å². The van der Waals surface area contributed by atoms with Crippen LogP contribution in [0.3, 0.4) is 0 Å². The van der Waals surface area contributed by atoms with Crippen LogP contribution in [0.15, 0.2) is 54.9 Å². The Morgan fingerprint density at radius 1 is 1.29 bits per heavy atom. The molecular formula is C24H22ClFN6O2. The van der Waals surface area contributed by atoms with Gasteiger partial charge in [-0.1, -0.05) is 29.8 Å². The highest BCUT2D eigenvalue weighted by Gasteiger charge is 2.20. The minimum absolute atomic E-state index is 0.128. The van der Waals surface area contributed by atoms with E-state index >= 15 is 0 Å². The highest BCUT2D eigenvalue weighted by molar-refractivity contribution is 6.30. The largest absolute Gasteiger partial charge is 0.394 e. The number of aliphatic hydroxyl groups is 1. The molecule has 0 bridgehead atoms. The summed E-state index contributed by atoms with van der Waals surface area (Å²) in [7, 11) is 1.80. The standard InChI is InChI=1S/C24H22ClFN6O2/c1-13-18(11-32(2)31-13)20-10-28-23(27)22(29-20)15-6-7-17(19(26)9-15)24(34)30-21(12-33)14-4-3-5-16(25)8-14/h3-11,21,33H,12H2,1-2H3,(H2,27,28)(H,30,34). The number of aliphatic hydroxyl groups excluding tert-OH is 1. The first-order valence-corrected chi connectivity index (χ1v) is 10.7. The SMILES string of the molecule is Cc1nn(C)cc1-c1cnc(N)c(-c2ccc(C(=O)NC(CO)c3cccc(Cl)c3)c(F)c2)n1. The molecule has 1 unspecified atom stereocenters. The summed E-state index contributed by atoms with van der Waals surface area (Å²) in [5, 5.41) is 17.1. The van der Waals surface area contributed by atoms with E-state index in [2.05, 4.69) is 20.4 Å². The zero-order valence-corrected chi connectivity index (χ0v) is 19.2. The van der Waals surface area contributed by atoms with Gasteiger partial charge in [-0.25, -0.2) is 14.4 Å². The van der Waals surface area contributed by atoms with Crippen molar-refractivity contribution < 1.29 is 14.3 Å². The van der Waals surface area contributed by atoms with E-state index in [0.29, 0.717) is 27.5 Å². The Hall–Kier alpha value is -3.82. The summed E-state index contributed by atoms with van der Waals surface area (Å²) in [5.74, 6) is -1.31. The number of halogens is 2. The Morgan fingerprint density at radius 3 is 2.74 bits per heavy atom. The van der Waals surface area contributed by atoms with Crippen LogP contribution in [0.2, 0.25) is 5.02 Å². The second kappa shape index (κ2) is 9.58. The van der Waals surface area contributed by atoms with E-state index in [1.165, 1.54) is 18.3 Å². The van der Waals surface area contributed by atoms with Gasteiger partial charge < -0.3 is 16.2 Å². The van der Waals surface area contributed by atoms with E-state index in [-0.39, 0.29) is 18.0 Å². The lowest BCUT2D eigenvalue weighted by Gasteiger charge is -2.17. The third-order valence-corrected chi connectivity index (χ3v) is 5.55. The Bertz CT molecular complexity index is 1370. The Labute approximate surface area is 200 Å². The number of nitrogen functional groups attached to an aromatic ring is 1. The molecule has 0 aliphatic heterocycles. The Balaban J connectivity index is 1.61. The van der Waals surface area contributed by atoms with Crippen LogP contribution in [0.5, 0.6) is 0 Å². The van der Waals surface area contributed by atoms with Crippen LogP contribution < -0.4 is 11.1 Å². The predicted molar refractivity (Wildman–Crippen MR) is 128 cm³/mol. The average molecular weight is 481 g/mol. The van der Waals surface area contributed by atoms with Crippen molar-refractivity contribution in [2.24, 2.45) is 7.05 Å². The van der Waals surface area contributed by atoms with Crippen LogP contribution in [-0.2, 0) is 7.05 Å². The smallest absolute Gasteiger partial charge is 0.254 e. The van der Waals surface area contributed by atoms with E-state index in [1.54, 1.807) is 42.1 Å². The number of amides is 1. The molecule has 0 radical (unpaired) electrons. The fourth-order valence-corrected chi connectivity index (χ4v) is 3.83. The summed E-state index contributed by atoms with van der Waals surface area (Å²) in [5.41, 5.74) is 9.19. The topological polar surface area (TPSA) is 119 Å². The molecule has 0 aliphatic rings. The molecule has 0 aliphatic carbocycles. The van der Waals surface area contributed by atoms with Crippen molar-refractivity contribution in [1.29, 1.82) is 0 Å². The van der Waals surface area contributed by atoms with E-state index in [0.717, 1.165) is 11.3 Å². The highest BCUT2D eigenvalue weighted by Crippen LogP contribution is 2.28. The summed E-state index contributed by atoms with van der Waals surface area (Å²) >= 11 is 5.99. The number of anilines is 1. The van der Waals surface area contributed by atoms with Crippen molar-refractivity contribution in [3.8, 4) is 22.5 Å². The first-order valence-electron chi connectivity index (χ1n) is 10.4. The summed E-state index contributed by atoms with van der Waals surface area (Å²) in [6.07, 6.45) is 3.34. The lowest BCUT2D eigenvalue weighted by Crippen LogP contribution is -2.31. The van der Waals surface area contributed by atoms with Gasteiger partial charge in [0, 0.05) is 29.4 Å². The molecule has 4 N–H and O–H groups in total. The van der Waals surface area contributed by atoms with E-state index in [9.17, 15) is 14.3 Å². The van der Waals surface area contributed by atoms with Gasteiger partial charge in [0.2, 0.25) is 0 Å². The average Bonchev–Trinajstić information content (AvgIpc) is 3.15. The number of rotatable bonds is 6. The molecule has 2 aromatic heterocycles. The number of benzene rings is 2. The monoisotopic (exact) mass is 480 g/mol. The number of aryl methyl sites for hydroxylation is 2. The van der Waals surface area contributed by atoms with E-state index in [1.807, 2.05) is 13.1 Å². The molecule has 34 heavy (non-hydrogen) atoms. The Morgan fingerprint density at radius 2 is 2.09 bits per heavy atom. The van der Waals surface area contributed by atoms with Crippen LogP contribution >= 0.6 is 11.6 Å². The molecule has 10 heteroatoms. The lowest BCUT2D eigenvalue weighted by atomic mass is 10.0. The lowest BCUT2D eigenvalue weighted by molar-refractivity contribution is 0.0912. The highest BCUT2D eigenvalue weighted by atomic mass is 35.5. The fraction of sp³-hybridized carbons (Fsp3) is 0.167. The second-order valence-electron chi connectivity index (χ2n) is 7.75. The number of nitrogens with one attached hydrogen (secondary N) is 1. The maximum atomic E-state index is 15.0.